The van der Waals surface area contributed by atoms with E-state index in [4.69, 9.17) is 5.73 Å². The molecule has 1 amide bonds. The Morgan fingerprint density at radius 2 is 2.24 bits per heavy atom. The van der Waals surface area contributed by atoms with Gasteiger partial charge in [0.15, 0.2) is 0 Å². The average Bonchev–Trinajstić information content (AvgIpc) is 2.67. The van der Waals surface area contributed by atoms with Crippen molar-refractivity contribution in [2.75, 3.05) is 11.1 Å². The van der Waals surface area contributed by atoms with Crippen LogP contribution in [-0.4, -0.2) is 5.91 Å². The maximum Gasteiger partial charge on any atom is 0.229 e. The summed E-state index contributed by atoms with van der Waals surface area (Å²) in [6, 6.07) is 7.73. The number of nitrogen functional groups attached to an aromatic ring is 1. The number of hydrogen-bond donors (Lipinski definition) is 2. The zero-order chi connectivity index (χ0) is 12.3. The predicted molar refractivity (Wildman–Crippen MR) is 67.5 cm³/mol. The summed E-state index contributed by atoms with van der Waals surface area (Å²) in [5, 5.41) is 4.52. The Bertz CT molecular complexity index is 505. The van der Waals surface area contributed by atoms with Crippen LogP contribution in [0.2, 0.25) is 0 Å². The van der Waals surface area contributed by atoms with Gasteiger partial charge >= 0.3 is 0 Å². The molecule has 0 fully saturated rings. The van der Waals surface area contributed by atoms with Crippen LogP contribution < -0.4 is 11.1 Å². The van der Waals surface area contributed by atoms with Gasteiger partial charge in [-0.2, -0.15) is 0 Å². The average molecular weight is 250 g/mol. The number of hydrogen-bond acceptors (Lipinski definition) is 3. The largest absolute Gasteiger partial charge is 0.399 e. The summed E-state index contributed by atoms with van der Waals surface area (Å²) in [7, 11) is 0. The third-order valence-electron chi connectivity index (χ3n) is 2.12. The highest BCUT2D eigenvalue weighted by molar-refractivity contribution is 7.10. The van der Waals surface area contributed by atoms with Gasteiger partial charge in [0, 0.05) is 16.3 Å². The predicted octanol–water partition coefficient (Wildman–Crippen LogP) is 2.65. The van der Waals surface area contributed by atoms with Crippen molar-refractivity contribution in [1.29, 1.82) is 0 Å². The van der Waals surface area contributed by atoms with E-state index in [2.05, 4.69) is 5.32 Å². The van der Waals surface area contributed by atoms with Crippen LogP contribution in [0.3, 0.4) is 0 Å². The molecule has 0 spiro atoms. The zero-order valence-corrected chi connectivity index (χ0v) is 9.76. The number of carbonyl (C=O) groups excluding carboxylic acids is 1. The minimum absolute atomic E-state index is 0.183. The number of benzene rings is 1. The molecule has 1 aromatic carbocycles. The van der Waals surface area contributed by atoms with Crippen molar-refractivity contribution in [3.05, 3.63) is 46.4 Å². The third-order valence-corrected chi connectivity index (χ3v) is 3.00. The summed E-state index contributed by atoms with van der Waals surface area (Å²) >= 11 is 1.51. The number of amides is 1. The molecule has 3 N–H and O–H groups in total. The highest BCUT2D eigenvalue weighted by atomic mass is 32.1. The van der Waals surface area contributed by atoms with Gasteiger partial charge < -0.3 is 11.1 Å². The lowest BCUT2D eigenvalue weighted by atomic mass is 10.2. The smallest absolute Gasteiger partial charge is 0.229 e. The molecule has 3 nitrogen and oxygen atoms in total. The van der Waals surface area contributed by atoms with Crippen molar-refractivity contribution < 1.29 is 9.18 Å². The van der Waals surface area contributed by atoms with Gasteiger partial charge in [0.2, 0.25) is 5.91 Å². The van der Waals surface area contributed by atoms with Gasteiger partial charge in [-0.25, -0.2) is 4.39 Å². The molecular weight excluding hydrogens is 239 g/mol. The van der Waals surface area contributed by atoms with Crippen molar-refractivity contribution in [1.82, 2.24) is 0 Å². The van der Waals surface area contributed by atoms with Gasteiger partial charge in [0.05, 0.1) is 6.42 Å². The number of anilines is 2. The van der Waals surface area contributed by atoms with E-state index >= 15 is 0 Å². The van der Waals surface area contributed by atoms with E-state index in [0.29, 0.717) is 5.69 Å². The molecule has 2 aromatic rings. The van der Waals surface area contributed by atoms with Crippen molar-refractivity contribution >= 4 is 28.6 Å². The van der Waals surface area contributed by atoms with Crippen LogP contribution in [-0.2, 0) is 11.2 Å². The molecular formula is C12H11FN2OS. The summed E-state index contributed by atoms with van der Waals surface area (Å²) in [5.74, 6) is -0.645. The summed E-state index contributed by atoms with van der Waals surface area (Å²) in [5.41, 5.74) is 6.15. The number of rotatable bonds is 3. The van der Waals surface area contributed by atoms with E-state index in [1.165, 1.54) is 29.5 Å². The minimum atomic E-state index is -0.462. The molecule has 0 unspecified atom stereocenters. The first-order valence-corrected chi connectivity index (χ1v) is 5.90. The standard InChI is InChI=1S/C12H11FN2OS/c13-8-4-9(14)6-10(5-8)15-12(16)7-11-2-1-3-17-11/h1-6H,7,14H2,(H,15,16). The second kappa shape index (κ2) is 4.97. The van der Waals surface area contributed by atoms with Gasteiger partial charge in [0.1, 0.15) is 5.82 Å². The van der Waals surface area contributed by atoms with Crippen molar-refractivity contribution in [2.24, 2.45) is 0 Å². The molecule has 0 aliphatic carbocycles. The number of nitrogens with one attached hydrogen (secondary N) is 1. The van der Waals surface area contributed by atoms with Gasteiger partial charge in [0.25, 0.3) is 0 Å². The molecule has 0 radical (unpaired) electrons. The van der Waals surface area contributed by atoms with Gasteiger partial charge in [-0.3, -0.25) is 4.79 Å². The highest BCUT2D eigenvalue weighted by Gasteiger charge is 2.06. The monoisotopic (exact) mass is 250 g/mol. The SMILES string of the molecule is Nc1cc(F)cc(NC(=O)Cc2cccs2)c1. The summed E-state index contributed by atoms with van der Waals surface area (Å²) in [6.07, 6.45) is 0.286. The number of nitrogens with two attached hydrogens (primary N) is 1. The van der Waals surface area contributed by atoms with Crippen LogP contribution in [0.25, 0.3) is 0 Å². The van der Waals surface area contributed by atoms with Crippen LogP contribution in [0.1, 0.15) is 4.88 Å². The van der Waals surface area contributed by atoms with Gasteiger partial charge in [-0.15, -0.1) is 11.3 Å². The van der Waals surface area contributed by atoms with E-state index in [0.717, 1.165) is 4.88 Å². The normalized spacial score (nSPS) is 10.2. The molecule has 1 aromatic heterocycles. The van der Waals surface area contributed by atoms with Crippen LogP contribution in [0.4, 0.5) is 15.8 Å². The van der Waals surface area contributed by atoms with Gasteiger partial charge in [-0.1, -0.05) is 6.07 Å². The van der Waals surface area contributed by atoms with E-state index < -0.39 is 5.82 Å². The second-order valence-electron chi connectivity index (χ2n) is 3.58. The quantitative estimate of drug-likeness (QED) is 0.823. The van der Waals surface area contributed by atoms with Crippen LogP contribution in [0.5, 0.6) is 0 Å². The van der Waals surface area contributed by atoms with Gasteiger partial charge in [-0.05, 0) is 29.6 Å². The van der Waals surface area contributed by atoms with E-state index in [-0.39, 0.29) is 18.0 Å². The lowest BCUT2D eigenvalue weighted by Crippen LogP contribution is -2.14. The molecule has 0 bridgehead atoms. The Balaban J connectivity index is 2.03. The van der Waals surface area contributed by atoms with E-state index in [1.54, 1.807) is 0 Å². The fourth-order valence-corrected chi connectivity index (χ4v) is 2.16. The lowest BCUT2D eigenvalue weighted by molar-refractivity contribution is -0.115. The second-order valence-corrected chi connectivity index (χ2v) is 4.61. The van der Waals surface area contributed by atoms with Crippen molar-refractivity contribution in [3.63, 3.8) is 0 Å². The number of carbonyl (C=O) groups is 1. The third kappa shape index (κ3) is 3.29. The first-order chi connectivity index (χ1) is 8.13. The Hall–Kier alpha value is -1.88. The van der Waals surface area contributed by atoms with Crippen LogP contribution >= 0.6 is 11.3 Å². The summed E-state index contributed by atoms with van der Waals surface area (Å²) in [4.78, 5) is 12.6. The topological polar surface area (TPSA) is 55.1 Å². The lowest BCUT2D eigenvalue weighted by Gasteiger charge is -2.05. The van der Waals surface area contributed by atoms with E-state index in [1.807, 2.05) is 17.5 Å². The Morgan fingerprint density at radius 1 is 1.41 bits per heavy atom. The molecule has 0 aliphatic heterocycles. The first kappa shape index (κ1) is 11.6. The Labute approximate surface area is 102 Å². The molecule has 1 heterocycles. The first-order valence-electron chi connectivity index (χ1n) is 5.02. The van der Waals surface area contributed by atoms with Crippen LogP contribution in [0, 0.1) is 5.82 Å². The molecule has 17 heavy (non-hydrogen) atoms. The highest BCUT2D eigenvalue weighted by Crippen LogP contribution is 2.16. The maximum atomic E-state index is 13.0. The minimum Gasteiger partial charge on any atom is -0.399 e. The fourth-order valence-electron chi connectivity index (χ4n) is 1.46. The summed E-state index contributed by atoms with van der Waals surface area (Å²) in [6.45, 7) is 0. The Kier molecular flexibility index (Phi) is 3.39. The molecule has 0 aliphatic rings. The fraction of sp³-hybridized carbons (Fsp3) is 0.0833. The molecule has 0 atom stereocenters. The van der Waals surface area contributed by atoms with E-state index in [9.17, 15) is 9.18 Å². The number of halogens is 1. The molecule has 2 rings (SSSR count). The molecule has 0 saturated carbocycles. The Morgan fingerprint density at radius 3 is 2.88 bits per heavy atom. The van der Waals surface area contributed by atoms with Crippen LogP contribution in [0.15, 0.2) is 35.7 Å². The molecule has 88 valence electrons. The zero-order valence-electron chi connectivity index (χ0n) is 8.94. The summed E-state index contributed by atoms with van der Waals surface area (Å²) < 4.78 is 13.0. The molecule has 5 heteroatoms. The maximum absolute atomic E-state index is 13.0. The van der Waals surface area contributed by atoms with Crippen molar-refractivity contribution in [3.8, 4) is 0 Å². The van der Waals surface area contributed by atoms with Crippen molar-refractivity contribution in [2.45, 2.75) is 6.42 Å². The number of thiophene rings is 1. The molecule has 0 saturated heterocycles.